The fourth-order valence-corrected chi connectivity index (χ4v) is 1.45. The van der Waals surface area contributed by atoms with Crippen molar-refractivity contribution in [1.29, 1.82) is 0 Å². The van der Waals surface area contributed by atoms with Gasteiger partial charge in [-0.15, -0.1) is 0 Å². The minimum atomic E-state index is -4.17. The van der Waals surface area contributed by atoms with E-state index < -0.39 is 12.7 Å². The highest BCUT2D eigenvalue weighted by atomic mass is 19.4. The Morgan fingerprint density at radius 2 is 1.80 bits per heavy atom. The highest BCUT2D eigenvalue weighted by Gasteiger charge is 2.32. The van der Waals surface area contributed by atoms with E-state index in [0.717, 1.165) is 0 Å². The minimum absolute atomic E-state index is 0.0540. The number of nitrogens with two attached hydrogens (primary N) is 1. The molecule has 3 N–H and O–H groups in total. The third kappa shape index (κ3) is 3.82. The Bertz CT molecular complexity index is 235. The molecule has 15 heavy (non-hydrogen) atoms. The van der Waals surface area contributed by atoms with Gasteiger partial charge < -0.3 is 15.8 Å². The molecule has 5 nitrogen and oxygen atoms in total. The Labute approximate surface area is 84.9 Å². The van der Waals surface area contributed by atoms with Crippen molar-refractivity contribution in [2.75, 3.05) is 32.7 Å². The third-order valence-corrected chi connectivity index (χ3v) is 2.20. The van der Waals surface area contributed by atoms with Crippen LogP contribution >= 0.6 is 0 Å². The molecule has 0 aromatic rings. The number of nitrogens with zero attached hydrogens (tertiary/aromatic N) is 3. The van der Waals surface area contributed by atoms with Gasteiger partial charge in [-0.05, 0) is 0 Å². The molecule has 1 aliphatic rings. The maximum absolute atomic E-state index is 12.0. The van der Waals surface area contributed by atoms with Crippen molar-refractivity contribution in [3.05, 3.63) is 0 Å². The highest BCUT2D eigenvalue weighted by molar-refractivity contribution is 5.77. The third-order valence-electron chi connectivity index (χ3n) is 2.20. The van der Waals surface area contributed by atoms with E-state index in [1.54, 1.807) is 0 Å². The van der Waals surface area contributed by atoms with Crippen molar-refractivity contribution >= 4 is 5.96 Å². The molecule has 8 heteroatoms. The first-order valence-electron chi connectivity index (χ1n) is 4.44. The van der Waals surface area contributed by atoms with Crippen LogP contribution in [0.1, 0.15) is 0 Å². The van der Waals surface area contributed by atoms with Gasteiger partial charge in [0.25, 0.3) is 0 Å². The van der Waals surface area contributed by atoms with E-state index in [1.165, 1.54) is 9.80 Å². The van der Waals surface area contributed by atoms with Crippen LogP contribution in [0.4, 0.5) is 13.2 Å². The predicted molar refractivity (Wildman–Crippen MR) is 47.5 cm³/mol. The lowest BCUT2D eigenvalue weighted by atomic mass is 10.3. The molecule has 1 aliphatic heterocycles. The normalized spacial score (nSPS) is 20.7. The topological polar surface area (TPSA) is 65.1 Å². The lowest BCUT2D eigenvalue weighted by Gasteiger charge is -2.34. The first-order valence-corrected chi connectivity index (χ1v) is 4.44. The van der Waals surface area contributed by atoms with Crippen LogP contribution in [0, 0.1) is 0 Å². The van der Waals surface area contributed by atoms with E-state index in [4.69, 9.17) is 10.9 Å². The van der Waals surface area contributed by atoms with E-state index in [-0.39, 0.29) is 19.0 Å². The quantitative estimate of drug-likeness (QED) is 0.283. The molecule has 1 heterocycles. The number of rotatable bonds is 1. The van der Waals surface area contributed by atoms with E-state index >= 15 is 0 Å². The zero-order valence-electron chi connectivity index (χ0n) is 8.04. The second-order valence-electron chi connectivity index (χ2n) is 3.34. The molecule has 0 atom stereocenters. The molecule has 0 aliphatic carbocycles. The SMILES string of the molecule is NC(=NO)N1CCN(CC(F)(F)F)CC1. The van der Waals surface area contributed by atoms with Crippen LogP contribution in [0.3, 0.4) is 0 Å². The van der Waals surface area contributed by atoms with Gasteiger partial charge in [0, 0.05) is 26.2 Å². The molecule has 0 saturated carbocycles. The van der Waals surface area contributed by atoms with Gasteiger partial charge >= 0.3 is 6.18 Å². The number of hydrogen-bond acceptors (Lipinski definition) is 3. The van der Waals surface area contributed by atoms with Gasteiger partial charge in [0.05, 0.1) is 6.54 Å². The molecule has 0 amide bonds. The summed E-state index contributed by atoms with van der Waals surface area (Å²) in [5, 5.41) is 11.2. The molecule has 1 fully saturated rings. The summed E-state index contributed by atoms with van der Waals surface area (Å²) in [4.78, 5) is 2.83. The van der Waals surface area contributed by atoms with Gasteiger partial charge in [-0.1, -0.05) is 5.16 Å². The van der Waals surface area contributed by atoms with E-state index in [1.807, 2.05) is 0 Å². The fourth-order valence-electron chi connectivity index (χ4n) is 1.45. The number of hydrogen-bond donors (Lipinski definition) is 2. The maximum Gasteiger partial charge on any atom is 0.401 e. The lowest BCUT2D eigenvalue weighted by Crippen LogP contribution is -2.52. The van der Waals surface area contributed by atoms with Crippen molar-refractivity contribution in [1.82, 2.24) is 9.80 Å². The second kappa shape index (κ2) is 4.56. The van der Waals surface area contributed by atoms with Crippen LogP contribution in [0.5, 0.6) is 0 Å². The Balaban J connectivity index is 2.36. The summed E-state index contributed by atoms with van der Waals surface area (Å²) in [5.41, 5.74) is 5.31. The molecular weight excluding hydrogens is 213 g/mol. The Hall–Kier alpha value is -1.18. The summed E-state index contributed by atoms with van der Waals surface area (Å²) in [6, 6.07) is 0. The zero-order chi connectivity index (χ0) is 11.5. The van der Waals surface area contributed by atoms with Crippen molar-refractivity contribution in [3.63, 3.8) is 0 Å². The average molecular weight is 226 g/mol. The fraction of sp³-hybridized carbons (Fsp3) is 0.857. The smallest absolute Gasteiger partial charge is 0.401 e. The summed E-state index contributed by atoms with van der Waals surface area (Å²) >= 11 is 0. The first-order chi connectivity index (χ1) is 6.92. The van der Waals surface area contributed by atoms with Gasteiger partial charge in [0.15, 0.2) is 0 Å². The zero-order valence-corrected chi connectivity index (χ0v) is 8.04. The molecule has 0 radical (unpaired) electrons. The van der Waals surface area contributed by atoms with Crippen LogP contribution in [0.2, 0.25) is 0 Å². The number of halogens is 3. The number of alkyl halides is 3. The van der Waals surface area contributed by atoms with Crippen LogP contribution in [-0.2, 0) is 0 Å². The van der Waals surface area contributed by atoms with Crippen molar-refractivity contribution < 1.29 is 18.4 Å². The molecule has 1 rings (SSSR count). The minimum Gasteiger partial charge on any atom is -0.408 e. The van der Waals surface area contributed by atoms with Crippen LogP contribution in [-0.4, -0.2) is 59.9 Å². The average Bonchev–Trinajstić information content (AvgIpc) is 2.15. The van der Waals surface area contributed by atoms with Crippen molar-refractivity contribution in [2.45, 2.75) is 6.18 Å². The molecule has 0 spiro atoms. The standard InChI is InChI=1S/C7H13F3N4O/c8-7(9,10)5-13-1-3-14(4-2-13)6(11)12-15/h15H,1-5H2,(H2,11,12). The highest BCUT2D eigenvalue weighted by Crippen LogP contribution is 2.17. The van der Waals surface area contributed by atoms with Crippen molar-refractivity contribution in [2.24, 2.45) is 10.9 Å². The summed E-state index contributed by atoms with van der Waals surface area (Å²) in [5.74, 6) is -0.0540. The lowest BCUT2D eigenvalue weighted by molar-refractivity contribution is -0.148. The molecule has 0 bridgehead atoms. The Morgan fingerprint density at radius 1 is 1.27 bits per heavy atom. The summed E-state index contributed by atoms with van der Waals surface area (Å²) in [6.45, 7) is 0.292. The van der Waals surface area contributed by atoms with Gasteiger partial charge in [-0.2, -0.15) is 13.2 Å². The van der Waals surface area contributed by atoms with Gasteiger partial charge in [0.1, 0.15) is 0 Å². The molecule has 0 aromatic heterocycles. The van der Waals surface area contributed by atoms with Crippen molar-refractivity contribution in [3.8, 4) is 0 Å². The largest absolute Gasteiger partial charge is 0.408 e. The first kappa shape index (κ1) is 11.9. The molecule has 0 unspecified atom stereocenters. The van der Waals surface area contributed by atoms with Gasteiger partial charge in [-0.3, -0.25) is 4.90 Å². The van der Waals surface area contributed by atoms with Crippen LogP contribution in [0.25, 0.3) is 0 Å². The number of piperazine rings is 1. The summed E-state index contributed by atoms with van der Waals surface area (Å²) in [6.07, 6.45) is -4.17. The Morgan fingerprint density at radius 3 is 2.20 bits per heavy atom. The van der Waals surface area contributed by atoms with E-state index in [9.17, 15) is 13.2 Å². The molecule has 0 aromatic carbocycles. The van der Waals surface area contributed by atoms with Gasteiger partial charge in [-0.25, -0.2) is 0 Å². The predicted octanol–water partition coefficient (Wildman–Crippen LogP) is -0.130. The van der Waals surface area contributed by atoms with Crippen LogP contribution < -0.4 is 5.73 Å². The molecule has 88 valence electrons. The number of guanidine groups is 1. The Kier molecular flexibility index (Phi) is 3.61. The second-order valence-corrected chi connectivity index (χ2v) is 3.34. The molecule has 1 saturated heterocycles. The maximum atomic E-state index is 12.0. The number of oxime groups is 1. The summed E-state index contributed by atoms with van der Waals surface area (Å²) < 4.78 is 36.1. The molecular formula is C7H13F3N4O. The van der Waals surface area contributed by atoms with E-state index in [2.05, 4.69) is 5.16 Å². The van der Waals surface area contributed by atoms with Gasteiger partial charge in [0.2, 0.25) is 5.96 Å². The monoisotopic (exact) mass is 226 g/mol. The summed E-state index contributed by atoms with van der Waals surface area (Å²) in [7, 11) is 0. The van der Waals surface area contributed by atoms with Crippen LogP contribution in [0.15, 0.2) is 5.16 Å². The van der Waals surface area contributed by atoms with E-state index in [0.29, 0.717) is 13.1 Å².